The van der Waals surface area contributed by atoms with Gasteiger partial charge in [0.05, 0.1) is 0 Å². The van der Waals surface area contributed by atoms with E-state index in [1.807, 2.05) is 6.07 Å². The van der Waals surface area contributed by atoms with E-state index < -0.39 is 0 Å². The number of rotatable bonds is 6. The number of carbonyl (C=O) groups is 1. The van der Waals surface area contributed by atoms with Crippen molar-refractivity contribution in [2.75, 3.05) is 50.7 Å². The SMILES string of the molecule is C[C@H]1C[C@@H](C(=O)NCCCN2CCN(c3ncccn3)CC2)CCN1.Cl. The predicted octanol–water partition coefficient (Wildman–Crippen LogP) is 0.915. The molecular formula is C18H31ClN6O. The average molecular weight is 383 g/mol. The van der Waals surface area contributed by atoms with Crippen molar-refractivity contribution >= 4 is 24.3 Å². The second kappa shape index (κ2) is 10.6. The van der Waals surface area contributed by atoms with Gasteiger partial charge >= 0.3 is 0 Å². The molecule has 146 valence electrons. The number of piperazine rings is 1. The highest BCUT2D eigenvalue weighted by atomic mass is 35.5. The van der Waals surface area contributed by atoms with E-state index in [0.29, 0.717) is 6.04 Å². The highest BCUT2D eigenvalue weighted by Crippen LogP contribution is 2.16. The van der Waals surface area contributed by atoms with Crippen LogP contribution in [0.4, 0.5) is 5.95 Å². The molecule has 2 aliphatic rings. The van der Waals surface area contributed by atoms with Gasteiger partial charge in [0.25, 0.3) is 0 Å². The lowest BCUT2D eigenvalue weighted by molar-refractivity contribution is -0.126. The molecule has 2 saturated heterocycles. The molecule has 0 radical (unpaired) electrons. The summed E-state index contributed by atoms with van der Waals surface area (Å²) in [5, 5.41) is 6.52. The Morgan fingerprint density at radius 1 is 1.27 bits per heavy atom. The third-order valence-corrected chi connectivity index (χ3v) is 5.15. The number of piperidine rings is 1. The zero-order chi connectivity index (χ0) is 17.5. The van der Waals surface area contributed by atoms with Gasteiger partial charge in [0.2, 0.25) is 11.9 Å². The van der Waals surface area contributed by atoms with Crippen LogP contribution in [-0.4, -0.2) is 72.6 Å². The monoisotopic (exact) mass is 382 g/mol. The van der Waals surface area contributed by atoms with Crippen molar-refractivity contribution in [2.24, 2.45) is 5.92 Å². The second-order valence-electron chi connectivity index (χ2n) is 7.10. The largest absolute Gasteiger partial charge is 0.356 e. The fourth-order valence-electron chi connectivity index (χ4n) is 3.65. The molecule has 3 heterocycles. The van der Waals surface area contributed by atoms with Crippen LogP contribution in [0.15, 0.2) is 18.5 Å². The van der Waals surface area contributed by atoms with Gasteiger partial charge in [0, 0.05) is 57.1 Å². The number of amides is 1. The lowest BCUT2D eigenvalue weighted by Gasteiger charge is -2.34. The highest BCUT2D eigenvalue weighted by molar-refractivity contribution is 5.85. The first-order valence-electron chi connectivity index (χ1n) is 9.48. The summed E-state index contributed by atoms with van der Waals surface area (Å²) in [7, 11) is 0. The van der Waals surface area contributed by atoms with Gasteiger partial charge in [-0.3, -0.25) is 9.69 Å². The molecule has 1 amide bonds. The zero-order valence-corrected chi connectivity index (χ0v) is 16.4. The van der Waals surface area contributed by atoms with Crippen LogP contribution in [0.1, 0.15) is 26.2 Å². The van der Waals surface area contributed by atoms with E-state index in [4.69, 9.17) is 0 Å². The van der Waals surface area contributed by atoms with E-state index in [1.54, 1.807) is 12.4 Å². The second-order valence-corrected chi connectivity index (χ2v) is 7.10. The zero-order valence-electron chi connectivity index (χ0n) is 15.6. The summed E-state index contributed by atoms with van der Waals surface area (Å²) >= 11 is 0. The fourth-order valence-corrected chi connectivity index (χ4v) is 3.65. The molecule has 7 nitrogen and oxygen atoms in total. The minimum Gasteiger partial charge on any atom is -0.356 e. The Labute approximate surface area is 162 Å². The number of aromatic nitrogens is 2. The smallest absolute Gasteiger partial charge is 0.225 e. The Kier molecular flexibility index (Phi) is 8.54. The first-order valence-corrected chi connectivity index (χ1v) is 9.48. The Morgan fingerprint density at radius 3 is 2.69 bits per heavy atom. The summed E-state index contributed by atoms with van der Waals surface area (Å²) < 4.78 is 0. The summed E-state index contributed by atoms with van der Waals surface area (Å²) in [6.07, 6.45) is 6.50. The third-order valence-electron chi connectivity index (χ3n) is 5.15. The molecule has 0 unspecified atom stereocenters. The first-order chi connectivity index (χ1) is 12.2. The molecule has 2 atom stereocenters. The van der Waals surface area contributed by atoms with Crippen LogP contribution in [0, 0.1) is 5.92 Å². The molecular weight excluding hydrogens is 352 g/mol. The molecule has 0 aromatic carbocycles. The third kappa shape index (κ3) is 6.07. The summed E-state index contributed by atoms with van der Waals surface area (Å²) in [5.74, 6) is 1.25. The normalized spacial score (nSPS) is 24.0. The van der Waals surface area contributed by atoms with Crippen molar-refractivity contribution in [1.82, 2.24) is 25.5 Å². The number of anilines is 1. The van der Waals surface area contributed by atoms with E-state index in [0.717, 1.165) is 71.0 Å². The van der Waals surface area contributed by atoms with Crippen molar-refractivity contribution in [1.29, 1.82) is 0 Å². The molecule has 1 aromatic heterocycles. The van der Waals surface area contributed by atoms with E-state index in [-0.39, 0.29) is 24.2 Å². The standard InChI is InChI=1S/C18H30N6O.ClH/c1-15-14-16(4-8-19-15)17(25)20-7-3-9-23-10-12-24(13-11-23)18-21-5-2-6-22-18;/h2,5-6,15-16,19H,3-4,7-14H2,1H3,(H,20,25);1H/t15-,16-;/m0./s1. The number of hydrogen-bond acceptors (Lipinski definition) is 6. The summed E-state index contributed by atoms with van der Waals surface area (Å²) in [4.78, 5) is 25.5. The first kappa shape index (κ1) is 20.9. The maximum absolute atomic E-state index is 12.2. The summed E-state index contributed by atoms with van der Waals surface area (Å²) in [5.41, 5.74) is 0. The highest BCUT2D eigenvalue weighted by Gasteiger charge is 2.24. The van der Waals surface area contributed by atoms with Crippen LogP contribution in [-0.2, 0) is 4.79 Å². The van der Waals surface area contributed by atoms with Gasteiger partial charge < -0.3 is 15.5 Å². The number of nitrogens with one attached hydrogen (secondary N) is 2. The van der Waals surface area contributed by atoms with Gasteiger partial charge in [-0.15, -0.1) is 12.4 Å². The topological polar surface area (TPSA) is 73.4 Å². The Balaban J connectivity index is 0.00000243. The van der Waals surface area contributed by atoms with Crippen LogP contribution in [0.3, 0.4) is 0 Å². The summed E-state index contributed by atoms with van der Waals surface area (Å²) in [6, 6.07) is 2.30. The maximum atomic E-state index is 12.2. The van der Waals surface area contributed by atoms with E-state index in [9.17, 15) is 4.79 Å². The van der Waals surface area contributed by atoms with Gasteiger partial charge in [0.1, 0.15) is 0 Å². The van der Waals surface area contributed by atoms with Crippen LogP contribution >= 0.6 is 12.4 Å². The van der Waals surface area contributed by atoms with Crippen molar-refractivity contribution in [3.8, 4) is 0 Å². The molecule has 3 rings (SSSR count). The minimum atomic E-state index is 0. The van der Waals surface area contributed by atoms with Crippen molar-refractivity contribution in [3.05, 3.63) is 18.5 Å². The van der Waals surface area contributed by atoms with Crippen LogP contribution < -0.4 is 15.5 Å². The number of halogens is 1. The van der Waals surface area contributed by atoms with Gasteiger partial charge in [-0.25, -0.2) is 9.97 Å². The number of hydrogen-bond donors (Lipinski definition) is 2. The van der Waals surface area contributed by atoms with Gasteiger partial charge in [-0.1, -0.05) is 0 Å². The number of nitrogens with zero attached hydrogens (tertiary/aromatic N) is 4. The molecule has 2 N–H and O–H groups in total. The van der Waals surface area contributed by atoms with Gasteiger partial charge in [0.15, 0.2) is 0 Å². The lowest BCUT2D eigenvalue weighted by atomic mass is 9.92. The van der Waals surface area contributed by atoms with Gasteiger partial charge in [-0.2, -0.15) is 0 Å². The quantitative estimate of drug-likeness (QED) is 0.712. The Morgan fingerprint density at radius 2 is 2.00 bits per heavy atom. The van der Waals surface area contributed by atoms with Crippen molar-refractivity contribution in [3.63, 3.8) is 0 Å². The molecule has 2 fully saturated rings. The van der Waals surface area contributed by atoms with Crippen molar-refractivity contribution < 1.29 is 4.79 Å². The predicted molar refractivity (Wildman–Crippen MR) is 106 cm³/mol. The van der Waals surface area contributed by atoms with E-state index >= 15 is 0 Å². The molecule has 0 saturated carbocycles. The molecule has 2 aliphatic heterocycles. The summed E-state index contributed by atoms with van der Waals surface area (Å²) in [6.45, 7) is 8.89. The van der Waals surface area contributed by atoms with Crippen molar-refractivity contribution in [2.45, 2.75) is 32.2 Å². The molecule has 0 bridgehead atoms. The molecule has 0 aliphatic carbocycles. The van der Waals surface area contributed by atoms with E-state index in [2.05, 4.69) is 37.3 Å². The molecule has 1 aromatic rings. The average Bonchev–Trinajstić information content (AvgIpc) is 2.66. The Hall–Kier alpha value is -1.44. The fraction of sp³-hybridized carbons (Fsp3) is 0.722. The lowest BCUT2D eigenvalue weighted by Crippen LogP contribution is -2.47. The Bertz CT molecular complexity index is 538. The minimum absolute atomic E-state index is 0. The number of carbonyl (C=O) groups excluding carboxylic acids is 1. The maximum Gasteiger partial charge on any atom is 0.225 e. The van der Waals surface area contributed by atoms with Crippen LogP contribution in [0.5, 0.6) is 0 Å². The van der Waals surface area contributed by atoms with E-state index in [1.165, 1.54) is 0 Å². The van der Waals surface area contributed by atoms with Crippen LogP contribution in [0.25, 0.3) is 0 Å². The molecule has 0 spiro atoms. The van der Waals surface area contributed by atoms with Crippen LogP contribution in [0.2, 0.25) is 0 Å². The molecule has 8 heteroatoms. The van der Waals surface area contributed by atoms with Gasteiger partial charge in [-0.05, 0) is 45.3 Å². The molecule has 26 heavy (non-hydrogen) atoms.